The molecule has 5 atom stereocenters. The second-order valence-corrected chi connectivity index (χ2v) is 30.8. The summed E-state index contributed by atoms with van der Waals surface area (Å²) in [5.74, 6) is -1.60. The van der Waals surface area contributed by atoms with E-state index in [0.29, 0.717) is 19.3 Å². The van der Waals surface area contributed by atoms with Crippen LogP contribution in [0.4, 0.5) is 0 Å². The molecule has 5 unspecified atom stereocenters. The number of carbonyl (C=O) groups excluding carboxylic acids is 3. The number of hydrogen-bond acceptors (Lipinski definition) is 14. The minimum atomic E-state index is -4.94. The van der Waals surface area contributed by atoms with Crippen molar-refractivity contribution in [2.75, 3.05) is 39.6 Å². The van der Waals surface area contributed by atoms with E-state index in [1.165, 1.54) is 103 Å². The van der Waals surface area contributed by atoms with E-state index in [-0.39, 0.29) is 19.3 Å². The number of allylic oxidation sites excluding steroid dienone is 24. The SMILES string of the molecule is CC/C=C\C/C=C\C/C=C\C/C=C\C/C=C\C/C=C\CCCCCCCCCCCCCCCCC(=O)OCC(O)COP(=O)(O)OCC(O)COP(=O)(O)OCC(COC(=O)CCCCCCCC/C=C\C/C=C\C/C=C\CCCCC)OC(=O)CCCCCCCC/C=C\C/C=C\C/C=C\CCCCC. The summed E-state index contributed by atoms with van der Waals surface area (Å²) in [5, 5.41) is 20.7. The van der Waals surface area contributed by atoms with E-state index in [0.717, 1.165) is 180 Å². The van der Waals surface area contributed by atoms with E-state index in [1.807, 2.05) is 0 Å². The van der Waals surface area contributed by atoms with Crippen molar-refractivity contribution >= 4 is 33.6 Å². The summed E-state index contributed by atoms with van der Waals surface area (Å²) < 4.78 is 61.3. The predicted octanol–water partition coefficient (Wildman–Crippen LogP) is 25.2. The molecule has 0 aromatic heterocycles. The normalized spacial score (nSPS) is 14.6. The number of rotatable bonds is 79. The molecule has 614 valence electrons. The highest BCUT2D eigenvalue weighted by molar-refractivity contribution is 7.47. The summed E-state index contributed by atoms with van der Waals surface area (Å²) in [4.78, 5) is 58.8. The lowest BCUT2D eigenvalue weighted by Gasteiger charge is -2.21. The number of unbranched alkanes of at least 4 members (excludes halogenated alkanes) is 32. The van der Waals surface area contributed by atoms with Crippen LogP contribution in [0, 0.1) is 0 Å². The van der Waals surface area contributed by atoms with Crippen LogP contribution in [0.25, 0.3) is 0 Å². The molecule has 0 aliphatic carbocycles. The molecule has 107 heavy (non-hydrogen) atoms. The zero-order valence-corrected chi connectivity index (χ0v) is 69.1. The Morgan fingerprint density at radius 3 is 0.785 bits per heavy atom. The van der Waals surface area contributed by atoms with Crippen molar-refractivity contribution < 1.29 is 75.8 Å². The molecule has 0 heterocycles. The van der Waals surface area contributed by atoms with Gasteiger partial charge in [-0.1, -0.05) is 321 Å². The topological polar surface area (TPSA) is 231 Å². The Morgan fingerprint density at radius 2 is 0.495 bits per heavy atom. The maximum absolute atomic E-state index is 13.0. The number of esters is 3. The van der Waals surface area contributed by atoms with E-state index in [9.17, 15) is 43.5 Å². The van der Waals surface area contributed by atoms with Gasteiger partial charge in [-0.15, -0.1) is 0 Å². The fourth-order valence-corrected chi connectivity index (χ4v) is 12.7. The van der Waals surface area contributed by atoms with E-state index < -0.39 is 91.5 Å². The Hall–Kier alpha value is -4.57. The van der Waals surface area contributed by atoms with Crippen molar-refractivity contribution in [3.8, 4) is 0 Å². The van der Waals surface area contributed by atoms with Crippen molar-refractivity contribution in [1.82, 2.24) is 0 Å². The van der Waals surface area contributed by atoms with Crippen molar-refractivity contribution in [1.29, 1.82) is 0 Å². The van der Waals surface area contributed by atoms with Gasteiger partial charge < -0.3 is 34.2 Å². The van der Waals surface area contributed by atoms with Gasteiger partial charge in [-0.05, 0) is 148 Å². The van der Waals surface area contributed by atoms with E-state index >= 15 is 0 Å². The van der Waals surface area contributed by atoms with Gasteiger partial charge in [0, 0.05) is 19.3 Å². The van der Waals surface area contributed by atoms with E-state index in [2.05, 4.69) is 167 Å². The summed E-state index contributed by atoms with van der Waals surface area (Å²) in [5.41, 5.74) is 0. The number of phosphoric acid groups is 2. The first-order chi connectivity index (χ1) is 52.2. The molecule has 18 heteroatoms. The standard InChI is InChI=1S/C89H152O16P2/c1-4-7-10-13-16-19-22-25-28-31-34-35-36-37-38-39-40-41-42-43-44-45-46-47-50-52-54-57-60-63-66-69-72-75-87(92)99-78-84(90)79-101-106(95,96)102-80-85(91)81-103-107(97,98)104-83-86(105-89(94)77-74-71-68-65-62-59-56-53-49-33-30-27-24-21-18-15-12-9-6-3)82-100-88(93)76-73-70-67-64-61-58-55-51-48-32-29-26-23-20-17-14-11-8-5-2/h7,10,16-21,25-30,34-35,37-38,40-41,48-49,51,53,84-86,90-91H,4-6,8-9,11-15,22-24,31-33,36,39,42-47,50,52,54-83H2,1-3H3,(H,95,96)(H,97,98)/b10-7-,19-16-,20-17-,21-18-,28-25-,29-26-,30-27-,35-34-,38-37-,41-40-,51-48-,53-49-. The maximum atomic E-state index is 13.0. The first-order valence-electron chi connectivity index (χ1n) is 42.1. The number of carbonyl (C=O) groups is 3. The monoisotopic (exact) mass is 1540 g/mol. The fourth-order valence-electron chi connectivity index (χ4n) is 11.1. The van der Waals surface area contributed by atoms with Crippen LogP contribution in [0.3, 0.4) is 0 Å². The molecular weight excluding hydrogens is 1390 g/mol. The van der Waals surface area contributed by atoms with Gasteiger partial charge in [0.2, 0.25) is 0 Å². The summed E-state index contributed by atoms with van der Waals surface area (Å²) in [6.07, 6.45) is 100. The third-order valence-electron chi connectivity index (χ3n) is 17.5. The molecule has 0 rings (SSSR count). The molecule has 0 aromatic carbocycles. The Labute approximate surface area is 651 Å². The van der Waals surface area contributed by atoms with Crippen molar-refractivity contribution in [3.63, 3.8) is 0 Å². The average Bonchev–Trinajstić information content (AvgIpc) is 0.907. The first kappa shape index (κ1) is 102. The van der Waals surface area contributed by atoms with Gasteiger partial charge >= 0.3 is 33.6 Å². The quantitative estimate of drug-likeness (QED) is 0.0146. The van der Waals surface area contributed by atoms with Crippen LogP contribution in [-0.2, 0) is 55.8 Å². The Balaban J connectivity index is 4.52. The molecular formula is C89H152O16P2. The maximum Gasteiger partial charge on any atom is 0.472 e. The number of phosphoric ester groups is 2. The highest BCUT2D eigenvalue weighted by Crippen LogP contribution is 2.45. The largest absolute Gasteiger partial charge is 0.472 e. The van der Waals surface area contributed by atoms with Crippen LogP contribution in [0.15, 0.2) is 146 Å². The second kappa shape index (κ2) is 80.9. The molecule has 0 amide bonds. The van der Waals surface area contributed by atoms with E-state index in [1.54, 1.807) is 0 Å². The van der Waals surface area contributed by atoms with Crippen molar-refractivity contribution in [2.24, 2.45) is 0 Å². The van der Waals surface area contributed by atoms with Gasteiger partial charge in [0.15, 0.2) is 6.10 Å². The Kier molecular flexibility index (Phi) is 77.5. The number of aliphatic hydroxyl groups excluding tert-OH is 2. The van der Waals surface area contributed by atoms with Crippen LogP contribution in [-0.4, -0.2) is 95.9 Å². The van der Waals surface area contributed by atoms with Crippen LogP contribution < -0.4 is 0 Å². The van der Waals surface area contributed by atoms with Crippen molar-refractivity contribution in [2.45, 2.75) is 360 Å². The third-order valence-corrected chi connectivity index (χ3v) is 19.4. The molecule has 4 N–H and O–H groups in total. The lowest BCUT2D eigenvalue weighted by Crippen LogP contribution is -2.30. The van der Waals surface area contributed by atoms with E-state index in [4.69, 9.17) is 32.3 Å². The lowest BCUT2D eigenvalue weighted by molar-refractivity contribution is -0.161. The van der Waals surface area contributed by atoms with Crippen LogP contribution >= 0.6 is 15.6 Å². The Morgan fingerprint density at radius 1 is 0.271 bits per heavy atom. The predicted molar refractivity (Wildman–Crippen MR) is 445 cm³/mol. The summed E-state index contributed by atoms with van der Waals surface area (Å²) >= 11 is 0. The number of aliphatic hydroxyl groups is 2. The fraction of sp³-hybridized carbons (Fsp3) is 0.697. The summed E-state index contributed by atoms with van der Waals surface area (Å²) in [7, 11) is -9.81. The first-order valence-corrected chi connectivity index (χ1v) is 45.1. The van der Waals surface area contributed by atoms with Gasteiger partial charge in [-0.2, -0.15) is 0 Å². The second-order valence-electron chi connectivity index (χ2n) is 27.9. The van der Waals surface area contributed by atoms with Gasteiger partial charge in [0.05, 0.1) is 26.4 Å². The highest BCUT2D eigenvalue weighted by Gasteiger charge is 2.29. The summed E-state index contributed by atoms with van der Waals surface area (Å²) in [6, 6.07) is 0. The molecule has 0 spiro atoms. The molecule has 0 aliphatic rings. The van der Waals surface area contributed by atoms with Crippen molar-refractivity contribution in [3.05, 3.63) is 146 Å². The molecule has 0 saturated carbocycles. The molecule has 0 radical (unpaired) electrons. The highest BCUT2D eigenvalue weighted by atomic mass is 31.2. The van der Waals surface area contributed by atoms with Gasteiger partial charge in [-0.3, -0.25) is 32.5 Å². The number of hydrogen-bond donors (Lipinski definition) is 4. The number of ether oxygens (including phenoxy) is 3. The molecule has 0 aliphatic heterocycles. The minimum absolute atomic E-state index is 0.0846. The van der Waals surface area contributed by atoms with Crippen LogP contribution in [0.2, 0.25) is 0 Å². The molecule has 0 aromatic rings. The molecule has 16 nitrogen and oxygen atoms in total. The zero-order chi connectivity index (χ0) is 78.0. The van der Waals surface area contributed by atoms with Gasteiger partial charge in [0.1, 0.15) is 25.4 Å². The van der Waals surface area contributed by atoms with Crippen LogP contribution in [0.5, 0.6) is 0 Å². The van der Waals surface area contributed by atoms with Crippen LogP contribution in [0.1, 0.15) is 342 Å². The van der Waals surface area contributed by atoms with Gasteiger partial charge in [0.25, 0.3) is 0 Å². The van der Waals surface area contributed by atoms with Gasteiger partial charge in [-0.25, -0.2) is 9.13 Å². The zero-order valence-electron chi connectivity index (χ0n) is 67.3. The molecule has 0 saturated heterocycles. The third kappa shape index (κ3) is 82.2. The Bertz CT molecular complexity index is 2530. The lowest BCUT2D eigenvalue weighted by atomic mass is 10.0. The molecule has 0 fully saturated rings. The smallest absolute Gasteiger partial charge is 0.463 e. The molecule has 0 bridgehead atoms. The summed E-state index contributed by atoms with van der Waals surface area (Å²) in [6.45, 7) is 2.51. The minimum Gasteiger partial charge on any atom is -0.463 e. The average molecular weight is 1540 g/mol.